The van der Waals surface area contributed by atoms with E-state index in [0.29, 0.717) is 12.0 Å². The molecule has 1 aliphatic carbocycles. The molecular formula is C16H28N2O. The fourth-order valence-electron chi connectivity index (χ4n) is 2.75. The van der Waals surface area contributed by atoms with Crippen LogP contribution in [0.3, 0.4) is 0 Å². The summed E-state index contributed by atoms with van der Waals surface area (Å²) in [6.45, 7) is 9.09. The first-order valence-electron chi connectivity index (χ1n) is 7.67. The molecule has 0 saturated heterocycles. The average molecular weight is 264 g/mol. The third-order valence-corrected chi connectivity index (χ3v) is 4.07. The summed E-state index contributed by atoms with van der Waals surface area (Å²) in [6.07, 6.45) is 5.68. The van der Waals surface area contributed by atoms with Gasteiger partial charge in [0.25, 0.3) is 0 Å². The third-order valence-electron chi connectivity index (χ3n) is 4.07. The second kappa shape index (κ2) is 7.53. The zero-order chi connectivity index (χ0) is 14.4. The maximum absolute atomic E-state index is 12.6. The van der Waals surface area contributed by atoms with Crippen molar-refractivity contribution in [2.45, 2.75) is 65.8 Å². The van der Waals surface area contributed by atoms with E-state index in [0.717, 1.165) is 25.8 Å². The predicted octanol–water partition coefficient (Wildman–Crippen LogP) is 3.60. The molecule has 1 atom stereocenters. The van der Waals surface area contributed by atoms with Gasteiger partial charge < -0.3 is 4.90 Å². The first-order valence-corrected chi connectivity index (χ1v) is 7.67. The maximum Gasteiger partial charge on any atom is 0.240 e. The highest BCUT2D eigenvalue weighted by Gasteiger charge is 2.32. The van der Waals surface area contributed by atoms with Gasteiger partial charge in [-0.2, -0.15) is 5.26 Å². The summed E-state index contributed by atoms with van der Waals surface area (Å²) in [5.41, 5.74) is 0. The summed E-state index contributed by atoms with van der Waals surface area (Å²) < 4.78 is 0. The molecule has 0 bridgehead atoms. The van der Waals surface area contributed by atoms with Gasteiger partial charge in [0.15, 0.2) is 0 Å². The fraction of sp³-hybridized carbons (Fsp3) is 0.875. The van der Waals surface area contributed by atoms with Crippen LogP contribution in [-0.2, 0) is 4.79 Å². The summed E-state index contributed by atoms with van der Waals surface area (Å²) in [5, 5.41) is 9.24. The molecule has 3 nitrogen and oxygen atoms in total. The van der Waals surface area contributed by atoms with Crippen molar-refractivity contribution in [3.63, 3.8) is 0 Å². The van der Waals surface area contributed by atoms with Crippen LogP contribution in [0.1, 0.15) is 59.8 Å². The Morgan fingerprint density at radius 3 is 2.26 bits per heavy atom. The summed E-state index contributed by atoms with van der Waals surface area (Å²) in [6, 6.07) is 2.58. The molecule has 108 valence electrons. The minimum atomic E-state index is -0.479. The molecule has 1 fully saturated rings. The number of carbonyl (C=O) groups is 1. The summed E-state index contributed by atoms with van der Waals surface area (Å²) in [5.74, 6) is 0.273. The van der Waals surface area contributed by atoms with Gasteiger partial charge >= 0.3 is 0 Å². The Kier molecular flexibility index (Phi) is 6.34. The highest BCUT2D eigenvalue weighted by Crippen LogP contribution is 2.26. The van der Waals surface area contributed by atoms with Crippen LogP contribution in [0.4, 0.5) is 0 Å². The molecule has 0 N–H and O–H groups in total. The quantitative estimate of drug-likeness (QED) is 0.735. The molecule has 1 saturated carbocycles. The zero-order valence-corrected chi connectivity index (χ0v) is 12.9. The summed E-state index contributed by atoms with van der Waals surface area (Å²) in [4.78, 5) is 14.6. The summed E-state index contributed by atoms with van der Waals surface area (Å²) >= 11 is 0. The monoisotopic (exact) mass is 264 g/mol. The van der Waals surface area contributed by atoms with Crippen molar-refractivity contribution in [2.24, 2.45) is 17.8 Å². The highest BCUT2D eigenvalue weighted by atomic mass is 16.2. The maximum atomic E-state index is 12.6. The van der Waals surface area contributed by atoms with Gasteiger partial charge in [-0.25, -0.2) is 0 Å². The SMILES string of the molecule is CC(C)CCN(C(=O)C(C#N)C(C)C)C1CCCC1. The van der Waals surface area contributed by atoms with Crippen LogP contribution < -0.4 is 0 Å². The molecule has 1 unspecified atom stereocenters. The van der Waals surface area contributed by atoms with Crippen molar-refractivity contribution >= 4 is 5.91 Å². The van der Waals surface area contributed by atoms with E-state index in [-0.39, 0.29) is 11.8 Å². The molecular weight excluding hydrogens is 236 g/mol. The van der Waals surface area contributed by atoms with Crippen molar-refractivity contribution in [1.29, 1.82) is 5.26 Å². The fourth-order valence-corrected chi connectivity index (χ4v) is 2.75. The lowest BCUT2D eigenvalue weighted by molar-refractivity contribution is -0.137. The van der Waals surface area contributed by atoms with Crippen molar-refractivity contribution in [2.75, 3.05) is 6.54 Å². The minimum Gasteiger partial charge on any atom is -0.339 e. The molecule has 0 aromatic heterocycles. The number of rotatable bonds is 6. The Bertz CT molecular complexity index is 324. The van der Waals surface area contributed by atoms with Crippen molar-refractivity contribution in [3.05, 3.63) is 0 Å². The lowest BCUT2D eigenvalue weighted by atomic mass is 9.94. The Morgan fingerprint density at radius 1 is 1.26 bits per heavy atom. The molecule has 0 aromatic rings. The lowest BCUT2D eigenvalue weighted by Gasteiger charge is -2.32. The number of hydrogen-bond donors (Lipinski definition) is 0. The Morgan fingerprint density at radius 2 is 1.84 bits per heavy atom. The molecule has 0 radical (unpaired) electrons. The van der Waals surface area contributed by atoms with E-state index in [1.54, 1.807) is 0 Å². The van der Waals surface area contributed by atoms with E-state index < -0.39 is 5.92 Å². The standard InChI is InChI=1S/C16H28N2O/c1-12(2)9-10-18(14-7-5-6-8-14)16(19)15(11-17)13(3)4/h12-15H,5-10H2,1-4H3. The first-order chi connectivity index (χ1) is 8.97. The normalized spacial score (nSPS) is 17.7. The van der Waals surface area contributed by atoms with Gasteiger partial charge in [-0.15, -0.1) is 0 Å². The molecule has 19 heavy (non-hydrogen) atoms. The molecule has 3 heteroatoms. The molecule has 0 aliphatic heterocycles. The first kappa shape index (κ1) is 16.0. The van der Waals surface area contributed by atoms with Crippen LogP contribution in [0.5, 0.6) is 0 Å². The van der Waals surface area contributed by atoms with E-state index >= 15 is 0 Å². The number of nitrogens with zero attached hydrogens (tertiary/aromatic N) is 2. The molecule has 0 aromatic carbocycles. The van der Waals surface area contributed by atoms with Crippen LogP contribution in [0.25, 0.3) is 0 Å². The van der Waals surface area contributed by atoms with Gasteiger partial charge in [0, 0.05) is 12.6 Å². The van der Waals surface area contributed by atoms with Crippen molar-refractivity contribution in [1.82, 2.24) is 4.90 Å². The van der Waals surface area contributed by atoms with Crippen molar-refractivity contribution in [3.8, 4) is 6.07 Å². The molecule has 1 aliphatic rings. The number of amides is 1. The largest absolute Gasteiger partial charge is 0.339 e. The predicted molar refractivity (Wildman–Crippen MR) is 77.4 cm³/mol. The average Bonchev–Trinajstić information content (AvgIpc) is 2.83. The van der Waals surface area contributed by atoms with E-state index in [1.807, 2.05) is 18.7 Å². The van der Waals surface area contributed by atoms with Gasteiger partial charge in [-0.1, -0.05) is 40.5 Å². The van der Waals surface area contributed by atoms with Gasteiger partial charge in [0.2, 0.25) is 5.91 Å². The number of carbonyl (C=O) groups excluding carboxylic acids is 1. The molecule has 1 amide bonds. The Hall–Kier alpha value is -1.04. The highest BCUT2D eigenvalue weighted by molar-refractivity contribution is 5.81. The lowest BCUT2D eigenvalue weighted by Crippen LogP contribution is -2.44. The van der Waals surface area contributed by atoms with Gasteiger partial charge in [-0.05, 0) is 31.1 Å². The van der Waals surface area contributed by atoms with Crippen LogP contribution in [-0.4, -0.2) is 23.4 Å². The minimum absolute atomic E-state index is 0.0602. The topological polar surface area (TPSA) is 44.1 Å². The molecule has 0 spiro atoms. The van der Waals surface area contributed by atoms with Crippen LogP contribution in [0.15, 0.2) is 0 Å². The Balaban J connectivity index is 2.76. The van der Waals surface area contributed by atoms with Gasteiger partial charge in [0.1, 0.15) is 5.92 Å². The van der Waals surface area contributed by atoms with Gasteiger partial charge in [0.05, 0.1) is 6.07 Å². The van der Waals surface area contributed by atoms with E-state index in [4.69, 9.17) is 0 Å². The van der Waals surface area contributed by atoms with Crippen LogP contribution in [0, 0.1) is 29.1 Å². The molecule has 0 heterocycles. The second-order valence-corrected chi connectivity index (χ2v) is 6.50. The third kappa shape index (κ3) is 4.53. The van der Waals surface area contributed by atoms with Crippen molar-refractivity contribution < 1.29 is 4.79 Å². The van der Waals surface area contributed by atoms with E-state index in [9.17, 15) is 10.1 Å². The Labute approximate surface area is 118 Å². The smallest absolute Gasteiger partial charge is 0.240 e. The number of nitriles is 1. The van der Waals surface area contributed by atoms with Crippen LogP contribution in [0.2, 0.25) is 0 Å². The van der Waals surface area contributed by atoms with E-state index in [2.05, 4.69) is 19.9 Å². The summed E-state index contributed by atoms with van der Waals surface area (Å²) in [7, 11) is 0. The zero-order valence-electron chi connectivity index (χ0n) is 12.9. The van der Waals surface area contributed by atoms with Gasteiger partial charge in [-0.3, -0.25) is 4.79 Å². The van der Waals surface area contributed by atoms with Crippen LogP contribution >= 0.6 is 0 Å². The molecule has 1 rings (SSSR count). The number of hydrogen-bond acceptors (Lipinski definition) is 2. The second-order valence-electron chi connectivity index (χ2n) is 6.50. The van der Waals surface area contributed by atoms with E-state index in [1.165, 1.54) is 12.8 Å².